The average Bonchev–Trinajstić information content (AvgIpc) is 3.03. The molecule has 174 valence electrons. The summed E-state index contributed by atoms with van der Waals surface area (Å²) in [6, 6.07) is 0. The molecule has 3 aliphatic rings. The predicted molar refractivity (Wildman–Crippen MR) is 129 cm³/mol. The standard InChI is InChI=1S/C28H44O3/c1-19-9-12-23(29)18-22(19)11-10-21-8-7-16-27(5)24(13-14-25(21)27)20(2)15-17-28(6,31)26(3,4)30/h10-11,15,17,20,23-25,29-31H,1,7-9,12-14,16,18H2,2-6H3/b17-15+,21-10-,22-11+. The second-order valence-electron chi connectivity index (χ2n) is 11.5. The van der Waals surface area contributed by atoms with Crippen LogP contribution in [0.3, 0.4) is 0 Å². The number of hydrogen-bond acceptors (Lipinski definition) is 3. The van der Waals surface area contributed by atoms with E-state index in [-0.39, 0.29) is 11.5 Å². The molecule has 0 bridgehead atoms. The van der Waals surface area contributed by atoms with Crippen LogP contribution in [0.25, 0.3) is 0 Å². The van der Waals surface area contributed by atoms with Gasteiger partial charge in [0.15, 0.2) is 0 Å². The predicted octanol–water partition coefficient (Wildman–Crippen LogP) is 5.87. The van der Waals surface area contributed by atoms with Gasteiger partial charge in [-0.15, -0.1) is 0 Å². The van der Waals surface area contributed by atoms with Crippen LogP contribution in [0.15, 0.2) is 47.6 Å². The molecule has 0 radical (unpaired) electrons. The largest absolute Gasteiger partial charge is 0.393 e. The monoisotopic (exact) mass is 428 g/mol. The van der Waals surface area contributed by atoms with E-state index in [9.17, 15) is 15.3 Å². The molecule has 6 unspecified atom stereocenters. The molecule has 0 saturated heterocycles. The number of aliphatic hydroxyl groups is 3. The number of fused-ring (bicyclic) bond motifs is 1. The van der Waals surface area contributed by atoms with Crippen LogP contribution in [0.5, 0.6) is 0 Å². The number of allylic oxidation sites excluding steroid dienone is 5. The molecule has 3 nitrogen and oxygen atoms in total. The highest BCUT2D eigenvalue weighted by Crippen LogP contribution is 2.59. The fraction of sp³-hybridized carbons (Fsp3) is 0.714. The molecule has 3 heteroatoms. The second kappa shape index (κ2) is 9.00. The number of aliphatic hydroxyl groups excluding tert-OH is 1. The molecule has 0 aromatic heterocycles. The average molecular weight is 429 g/mol. The smallest absolute Gasteiger partial charge is 0.108 e. The molecule has 0 amide bonds. The van der Waals surface area contributed by atoms with E-state index < -0.39 is 11.2 Å². The van der Waals surface area contributed by atoms with Crippen molar-refractivity contribution in [2.24, 2.45) is 23.2 Å². The molecule has 3 fully saturated rings. The van der Waals surface area contributed by atoms with Gasteiger partial charge in [-0.2, -0.15) is 0 Å². The minimum atomic E-state index is -1.24. The lowest BCUT2D eigenvalue weighted by Gasteiger charge is -2.44. The minimum absolute atomic E-state index is 0.226. The SMILES string of the molecule is C=C1CCC(O)C/C1=C\C=C1\CCCC2(C)C1CCC2C(C)/C=C/C(C)(O)C(C)(C)O. The fourth-order valence-corrected chi connectivity index (χ4v) is 6.22. The van der Waals surface area contributed by atoms with Crippen LogP contribution < -0.4 is 0 Å². The first-order valence-corrected chi connectivity index (χ1v) is 12.2. The Morgan fingerprint density at radius 2 is 1.81 bits per heavy atom. The van der Waals surface area contributed by atoms with E-state index in [4.69, 9.17) is 0 Å². The lowest BCUT2D eigenvalue weighted by atomic mass is 9.61. The van der Waals surface area contributed by atoms with Gasteiger partial charge >= 0.3 is 0 Å². The summed E-state index contributed by atoms with van der Waals surface area (Å²) in [7, 11) is 0. The summed E-state index contributed by atoms with van der Waals surface area (Å²) in [6.45, 7) is 13.9. The number of hydrogen-bond donors (Lipinski definition) is 3. The first kappa shape index (κ1) is 24.5. The van der Waals surface area contributed by atoms with Gasteiger partial charge in [0.05, 0.1) is 11.7 Å². The summed E-state index contributed by atoms with van der Waals surface area (Å²) in [6.07, 6.45) is 16.8. The van der Waals surface area contributed by atoms with Crippen LogP contribution in [-0.2, 0) is 0 Å². The van der Waals surface area contributed by atoms with Crippen molar-refractivity contribution in [3.05, 3.63) is 47.6 Å². The van der Waals surface area contributed by atoms with Gasteiger partial charge in [-0.1, -0.05) is 55.9 Å². The number of rotatable bonds is 5. The summed E-state index contributed by atoms with van der Waals surface area (Å²) in [4.78, 5) is 0. The summed E-state index contributed by atoms with van der Waals surface area (Å²) in [5.41, 5.74) is 1.83. The molecule has 0 aliphatic heterocycles. The Balaban J connectivity index is 1.77. The lowest BCUT2D eigenvalue weighted by Crippen LogP contribution is -2.46. The van der Waals surface area contributed by atoms with Crippen molar-refractivity contribution in [1.29, 1.82) is 0 Å². The van der Waals surface area contributed by atoms with E-state index in [1.807, 2.05) is 0 Å². The van der Waals surface area contributed by atoms with Crippen molar-refractivity contribution < 1.29 is 15.3 Å². The van der Waals surface area contributed by atoms with Crippen molar-refractivity contribution in [2.75, 3.05) is 0 Å². The molecule has 3 saturated carbocycles. The molecular weight excluding hydrogens is 384 g/mol. The third-order valence-electron chi connectivity index (χ3n) is 8.82. The Hall–Kier alpha value is -1.16. The fourth-order valence-electron chi connectivity index (χ4n) is 6.22. The van der Waals surface area contributed by atoms with Crippen LogP contribution in [0, 0.1) is 23.2 Å². The van der Waals surface area contributed by atoms with Gasteiger partial charge in [0.2, 0.25) is 0 Å². The third-order valence-corrected chi connectivity index (χ3v) is 8.82. The zero-order chi connectivity index (χ0) is 23.0. The van der Waals surface area contributed by atoms with Crippen molar-refractivity contribution in [3.8, 4) is 0 Å². The van der Waals surface area contributed by atoms with Gasteiger partial charge in [0.1, 0.15) is 5.60 Å². The van der Waals surface area contributed by atoms with E-state index in [0.29, 0.717) is 17.8 Å². The zero-order valence-electron chi connectivity index (χ0n) is 20.3. The van der Waals surface area contributed by atoms with Crippen LogP contribution in [0.2, 0.25) is 0 Å². The van der Waals surface area contributed by atoms with E-state index in [2.05, 4.69) is 38.7 Å². The molecule has 0 aromatic rings. The van der Waals surface area contributed by atoms with Crippen molar-refractivity contribution in [3.63, 3.8) is 0 Å². The molecule has 0 spiro atoms. The third kappa shape index (κ3) is 5.10. The van der Waals surface area contributed by atoms with Gasteiger partial charge in [0, 0.05) is 0 Å². The highest BCUT2D eigenvalue weighted by molar-refractivity contribution is 5.36. The van der Waals surface area contributed by atoms with E-state index in [1.165, 1.54) is 43.3 Å². The van der Waals surface area contributed by atoms with Gasteiger partial charge in [-0.05, 0) is 101 Å². The zero-order valence-corrected chi connectivity index (χ0v) is 20.3. The first-order chi connectivity index (χ1) is 14.3. The molecule has 31 heavy (non-hydrogen) atoms. The van der Waals surface area contributed by atoms with Crippen molar-refractivity contribution in [1.82, 2.24) is 0 Å². The van der Waals surface area contributed by atoms with Gasteiger partial charge in [-0.25, -0.2) is 0 Å². The highest BCUT2D eigenvalue weighted by atomic mass is 16.3. The maximum atomic E-state index is 10.6. The van der Waals surface area contributed by atoms with Crippen LogP contribution in [0.4, 0.5) is 0 Å². The minimum Gasteiger partial charge on any atom is -0.393 e. The maximum absolute atomic E-state index is 10.6. The van der Waals surface area contributed by atoms with E-state index in [1.54, 1.807) is 32.4 Å². The van der Waals surface area contributed by atoms with Gasteiger partial charge in [-0.3, -0.25) is 0 Å². The van der Waals surface area contributed by atoms with Gasteiger partial charge in [0.25, 0.3) is 0 Å². The Bertz CT molecular complexity index is 764. The van der Waals surface area contributed by atoms with Gasteiger partial charge < -0.3 is 15.3 Å². The Labute approximate surface area is 189 Å². The topological polar surface area (TPSA) is 60.7 Å². The summed E-state index contributed by atoms with van der Waals surface area (Å²) in [5.74, 6) is 1.54. The molecule has 0 heterocycles. The Morgan fingerprint density at radius 1 is 1.10 bits per heavy atom. The summed E-state index contributed by atoms with van der Waals surface area (Å²) in [5, 5.41) is 30.9. The molecule has 3 aliphatic carbocycles. The molecule has 3 N–H and O–H groups in total. The lowest BCUT2D eigenvalue weighted by molar-refractivity contribution is -0.0886. The quantitative estimate of drug-likeness (QED) is 0.480. The summed E-state index contributed by atoms with van der Waals surface area (Å²) >= 11 is 0. The molecule has 3 rings (SSSR count). The Kier molecular flexibility index (Phi) is 7.11. The first-order valence-electron chi connectivity index (χ1n) is 12.2. The van der Waals surface area contributed by atoms with E-state index >= 15 is 0 Å². The molecule has 0 aromatic carbocycles. The van der Waals surface area contributed by atoms with Crippen LogP contribution in [-0.4, -0.2) is 32.6 Å². The Morgan fingerprint density at radius 3 is 2.48 bits per heavy atom. The highest BCUT2D eigenvalue weighted by Gasteiger charge is 2.50. The summed E-state index contributed by atoms with van der Waals surface area (Å²) < 4.78 is 0. The normalized spacial score (nSPS) is 37.9. The van der Waals surface area contributed by atoms with Crippen LogP contribution in [0.1, 0.15) is 86.0 Å². The second-order valence-corrected chi connectivity index (χ2v) is 11.5. The van der Waals surface area contributed by atoms with Crippen LogP contribution >= 0.6 is 0 Å². The van der Waals surface area contributed by atoms with Crippen molar-refractivity contribution >= 4 is 0 Å². The molecule has 6 atom stereocenters. The van der Waals surface area contributed by atoms with Crippen molar-refractivity contribution in [2.45, 2.75) is 103 Å². The molecular formula is C28H44O3. The van der Waals surface area contributed by atoms with E-state index in [0.717, 1.165) is 19.3 Å². The maximum Gasteiger partial charge on any atom is 0.108 e.